The summed E-state index contributed by atoms with van der Waals surface area (Å²) in [7, 11) is 1.91. The Morgan fingerprint density at radius 3 is 2.37 bits per heavy atom. The molecule has 104 valence electrons. The van der Waals surface area contributed by atoms with Crippen LogP contribution in [0.25, 0.3) is 0 Å². The summed E-state index contributed by atoms with van der Waals surface area (Å²) in [5.41, 5.74) is 0.0876. The number of nitrogens with zero attached hydrogens (tertiary/aromatic N) is 1. The summed E-state index contributed by atoms with van der Waals surface area (Å²) in [6.45, 7) is 2.23. The van der Waals surface area contributed by atoms with E-state index < -0.39 is 11.6 Å². The number of halogens is 2. The second-order valence-electron chi connectivity index (χ2n) is 4.95. The zero-order valence-corrected chi connectivity index (χ0v) is 11.0. The van der Waals surface area contributed by atoms with Crippen molar-refractivity contribution in [3.63, 3.8) is 0 Å². The number of benzene rings is 1. The van der Waals surface area contributed by atoms with Crippen LogP contribution in [0.4, 0.5) is 8.78 Å². The summed E-state index contributed by atoms with van der Waals surface area (Å²) >= 11 is 0. The van der Waals surface area contributed by atoms with Crippen LogP contribution in [-0.2, 0) is 0 Å². The van der Waals surface area contributed by atoms with Crippen LogP contribution >= 0.6 is 0 Å². The molecule has 0 aliphatic carbocycles. The molecule has 1 saturated heterocycles. The van der Waals surface area contributed by atoms with Crippen molar-refractivity contribution in [3.8, 4) is 0 Å². The Hall–Kier alpha value is -1.49. The Bertz CT molecular complexity index is 437. The third-order valence-electron chi connectivity index (χ3n) is 3.50. The van der Waals surface area contributed by atoms with Crippen LogP contribution in [0.2, 0.25) is 0 Å². The van der Waals surface area contributed by atoms with Gasteiger partial charge in [0.25, 0.3) is 5.91 Å². The summed E-state index contributed by atoms with van der Waals surface area (Å²) in [6, 6.07) is 2.95. The first-order chi connectivity index (χ1) is 9.10. The van der Waals surface area contributed by atoms with Gasteiger partial charge in [-0.05, 0) is 44.5 Å². The molecule has 0 spiro atoms. The maximum Gasteiger partial charge on any atom is 0.254 e. The van der Waals surface area contributed by atoms with E-state index >= 15 is 0 Å². The lowest BCUT2D eigenvalue weighted by atomic mass is 9.96. The first kappa shape index (κ1) is 13.9. The second kappa shape index (κ2) is 6.10. The Morgan fingerprint density at radius 1 is 1.26 bits per heavy atom. The summed E-state index contributed by atoms with van der Waals surface area (Å²) in [4.78, 5) is 13.8. The van der Waals surface area contributed by atoms with Crippen molar-refractivity contribution in [2.24, 2.45) is 5.92 Å². The lowest BCUT2D eigenvalue weighted by molar-refractivity contribution is 0.0690. The minimum Gasteiger partial charge on any atom is -0.339 e. The molecule has 1 heterocycles. The number of carbonyl (C=O) groups excluding carboxylic acids is 1. The van der Waals surface area contributed by atoms with Crippen molar-refractivity contribution < 1.29 is 13.6 Å². The Labute approximate surface area is 111 Å². The van der Waals surface area contributed by atoms with Crippen LogP contribution in [0, 0.1) is 17.6 Å². The maximum absolute atomic E-state index is 13.1. The summed E-state index contributed by atoms with van der Waals surface area (Å²) in [6.07, 6.45) is 1.84. The third kappa shape index (κ3) is 3.50. The van der Waals surface area contributed by atoms with Gasteiger partial charge >= 0.3 is 0 Å². The standard InChI is InChI=1S/C14H18F2N2O/c1-17-9-10-2-4-18(5-3-10)14(19)11-6-12(15)8-13(16)7-11/h6-8,10,17H,2-5,9H2,1H3. The highest BCUT2D eigenvalue weighted by Gasteiger charge is 2.23. The predicted octanol–water partition coefficient (Wildman–Crippen LogP) is 2.04. The molecule has 1 N–H and O–H groups in total. The van der Waals surface area contributed by atoms with E-state index in [2.05, 4.69) is 5.32 Å². The smallest absolute Gasteiger partial charge is 0.254 e. The van der Waals surface area contributed by atoms with Gasteiger partial charge in [-0.1, -0.05) is 0 Å². The molecule has 0 bridgehead atoms. The van der Waals surface area contributed by atoms with E-state index in [1.54, 1.807) is 4.90 Å². The molecule has 2 rings (SSSR count). The van der Waals surface area contributed by atoms with Gasteiger partial charge < -0.3 is 10.2 Å². The first-order valence-electron chi connectivity index (χ1n) is 6.50. The van der Waals surface area contributed by atoms with E-state index in [9.17, 15) is 13.6 Å². The van der Waals surface area contributed by atoms with Crippen LogP contribution in [0.5, 0.6) is 0 Å². The minimum absolute atomic E-state index is 0.0876. The van der Waals surface area contributed by atoms with Crippen molar-refractivity contribution in [2.45, 2.75) is 12.8 Å². The molecule has 19 heavy (non-hydrogen) atoms. The van der Waals surface area contributed by atoms with Gasteiger partial charge in [-0.2, -0.15) is 0 Å². The monoisotopic (exact) mass is 268 g/mol. The average molecular weight is 268 g/mol. The minimum atomic E-state index is -0.714. The van der Waals surface area contributed by atoms with E-state index in [0.29, 0.717) is 19.0 Å². The number of piperidine rings is 1. The van der Waals surface area contributed by atoms with E-state index in [1.807, 2.05) is 7.05 Å². The molecule has 0 aromatic heterocycles. The fraction of sp³-hybridized carbons (Fsp3) is 0.500. The van der Waals surface area contributed by atoms with Gasteiger partial charge in [0.2, 0.25) is 0 Å². The van der Waals surface area contributed by atoms with Crippen LogP contribution in [-0.4, -0.2) is 37.5 Å². The van der Waals surface area contributed by atoms with Crippen molar-refractivity contribution in [3.05, 3.63) is 35.4 Å². The van der Waals surface area contributed by atoms with Crippen LogP contribution in [0.15, 0.2) is 18.2 Å². The zero-order chi connectivity index (χ0) is 13.8. The predicted molar refractivity (Wildman–Crippen MR) is 68.9 cm³/mol. The van der Waals surface area contributed by atoms with Crippen LogP contribution in [0.1, 0.15) is 23.2 Å². The zero-order valence-electron chi connectivity index (χ0n) is 11.0. The maximum atomic E-state index is 13.1. The fourth-order valence-corrected chi connectivity index (χ4v) is 2.49. The normalized spacial score (nSPS) is 16.7. The molecule has 3 nitrogen and oxygen atoms in total. The van der Waals surface area contributed by atoms with E-state index in [0.717, 1.165) is 37.6 Å². The molecule has 1 amide bonds. The Morgan fingerprint density at radius 2 is 1.84 bits per heavy atom. The number of nitrogens with one attached hydrogen (secondary N) is 1. The van der Waals surface area contributed by atoms with Gasteiger partial charge in [0.1, 0.15) is 11.6 Å². The van der Waals surface area contributed by atoms with Crippen molar-refractivity contribution in [1.29, 1.82) is 0 Å². The molecule has 1 aliphatic rings. The molecule has 0 atom stereocenters. The van der Waals surface area contributed by atoms with Gasteiger partial charge in [-0.25, -0.2) is 8.78 Å². The van der Waals surface area contributed by atoms with E-state index in [4.69, 9.17) is 0 Å². The summed E-state index contributed by atoms with van der Waals surface area (Å²) in [5, 5.41) is 3.13. The summed E-state index contributed by atoms with van der Waals surface area (Å²) < 4.78 is 26.2. The number of rotatable bonds is 3. The SMILES string of the molecule is CNCC1CCN(C(=O)c2cc(F)cc(F)c2)CC1. The lowest BCUT2D eigenvalue weighted by Gasteiger charge is -2.32. The quantitative estimate of drug-likeness (QED) is 0.910. The molecule has 1 fully saturated rings. The molecule has 0 radical (unpaired) electrons. The Kier molecular flexibility index (Phi) is 4.47. The number of carbonyl (C=O) groups is 1. The number of hydrogen-bond acceptors (Lipinski definition) is 2. The average Bonchev–Trinajstić information content (AvgIpc) is 2.38. The first-order valence-corrected chi connectivity index (χ1v) is 6.50. The lowest BCUT2D eigenvalue weighted by Crippen LogP contribution is -2.40. The molecule has 5 heteroatoms. The van der Waals surface area contributed by atoms with Gasteiger partial charge in [-0.3, -0.25) is 4.79 Å². The van der Waals surface area contributed by atoms with Crippen molar-refractivity contribution >= 4 is 5.91 Å². The number of hydrogen-bond donors (Lipinski definition) is 1. The molecule has 1 aromatic carbocycles. The second-order valence-corrected chi connectivity index (χ2v) is 4.95. The highest BCUT2D eigenvalue weighted by Crippen LogP contribution is 2.19. The third-order valence-corrected chi connectivity index (χ3v) is 3.50. The molecule has 0 unspecified atom stereocenters. The summed E-state index contributed by atoms with van der Waals surface area (Å²) in [5.74, 6) is -1.15. The molecular formula is C14H18F2N2O. The van der Waals surface area contributed by atoms with Crippen molar-refractivity contribution in [2.75, 3.05) is 26.7 Å². The van der Waals surface area contributed by atoms with Gasteiger partial charge in [0.05, 0.1) is 0 Å². The molecule has 0 saturated carbocycles. The highest BCUT2D eigenvalue weighted by molar-refractivity contribution is 5.94. The highest BCUT2D eigenvalue weighted by atomic mass is 19.1. The number of likely N-dealkylation sites (tertiary alicyclic amines) is 1. The van der Waals surface area contributed by atoms with Crippen LogP contribution in [0.3, 0.4) is 0 Å². The number of amides is 1. The van der Waals surface area contributed by atoms with Crippen molar-refractivity contribution in [1.82, 2.24) is 10.2 Å². The van der Waals surface area contributed by atoms with E-state index in [-0.39, 0.29) is 11.5 Å². The fourth-order valence-electron chi connectivity index (χ4n) is 2.49. The molecular weight excluding hydrogens is 250 g/mol. The van der Waals surface area contributed by atoms with Gasteiger partial charge in [-0.15, -0.1) is 0 Å². The molecule has 1 aromatic rings. The topological polar surface area (TPSA) is 32.3 Å². The van der Waals surface area contributed by atoms with E-state index in [1.165, 1.54) is 0 Å². The molecule has 1 aliphatic heterocycles. The van der Waals surface area contributed by atoms with Gasteiger partial charge in [0, 0.05) is 24.7 Å². The Balaban J connectivity index is 2.01. The largest absolute Gasteiger partial charge is 0.339 e. The van der Waals surface area contributed by atoms with Crippen LogP contribution < -0.4 is 5.32 Å². The van der Waals surface area contributed by atoms with Gasteiger partial charge in [0.15, 0.2) is 0 Å².